The van der Waals surface area contributed by atoms with Crippen molar-refractivity contribution in [3.8, 4) is 11.1 Å². The first kappa shape index (κ1) is 13.5. The predicted molar refractivity (Wildman–Crippen MR) is 77.2 cm³/mol. The lowest BCUT2D eigenvalue weighted by Gasteiger charge is -2.14. The van der Waals surface area contributed by atoms with Gasteiger partial charge in [-0.25, -0.2) is 4.79 Å². The molecule has 1 aliphatic rings. The number of benzene rings is 2. The second-order valence-corrected chi connectivity index (χ2v) is 5.00. The molecule has 3 rings (SSSR count). The van der Waals surface area contributed by atoms with Crippen molar-refractivity contribution in [3.05, 3.63) is 53.1 Å². The minimum atomic E-state index is -1.46. The molecule has 1 atom stereocenters. The topological polar surface area (TPSA) is 79.1 Å². The van der Waals surface area contributed by atoms with Crippen LogP contribution < -0.4 is 0 Å². The van der Waals surface area contributed by atoms with E-state index >= 15 is 0 Å². The molecule has 0 saturated heterocycles. The molecule has 1 N–H and O–H groups in total. The molecule has 1 unspecified atom stereocenters. The third-order valence-corrected chi connectivity index (χ3v) is 3.45. The zero-order valence-corrected chi connectivity index (χ0v) is 11.4. The highest BCUT2D eigenvalue weighted by atomic mass is 35.5. The van der Waals surface area contributed by atoms with Gasteiger partial charge >= 0.3 is 5.97 Å². The van der Waals surface area contributed by atoms with Crippen LogP contribution in [0.4, 0.5) is 5.69 Å². The monoisotopic (exact) mass is 300 g/mol. The van der Waals surface area contributed by atoms with Gasteiger partial charge in [0.2, 0.25) is 11.8 Å². The largest absolute Gasteiger partial charge is 0.479 e. The summed E-state index contributed by atoms with van der Waals surface area (Å²) in [5.74, 6) is -1.85. The fourth-order valence-corrected chi connectivity index (χ4v) is 2.25. The minimum Gasteiger partial charge on any atom is -0.479 e. The summed E-state index contributed by atoms with van der Waals surface area (Å²) in [4.78, 5) is 23.1. The average molecular weight is 301 g/mol. The molecule has 1 aliphatic heterocycles. The number of hydrogen-bond donors (Lipinski definition) is 1. The molecular weight excluding hydrogens is 292 g/mol. The lowest BCUT2D eigenvalue weighted by atomic mass is 9.96. The number of Topliss-reactive ketones (excluding diaryl/α,β-unsaturated/α-hetero) is 1. The van der Waals surface area contributed by atoms with Crippen LogP contribution in [-0.4, -0.2) is 22.9 Å². The smallest absolute Gasteiger partial charge is 0.338 e. The number of azo groups is 1. The second kappa shape index (κ2) is 5.10. The third kappa shape index (κ3) is 2.43. The van der Waals surface area contributed by atoms with Gasteiger partial charge in [-0.2, -0.15) is 10.2 Å². The molecule has 0 saturated carbocycles. The minimum absolute atomic E-state index is 0.268. The molecule has 0 bridgehead atoms. The number of fused-ring (bicyclic) bond motifs is 1. The maximum Gasteiger partial charge on any atom is 0.338 e. The highest BCUT2D eigenvalue weighted by Crippen LogP contribution is 2.32. The molecule has 0 spiro atoms. The Kier molecular flexibility index (Phi) is 3.27. The number of carbonyl (C=O) groups is 2. The van der Waals surface area contributed by atoms with E-state index in [0.29, 0.717) is 10.7 Å². The van der Waals surface area contributed by atoms with E-state index in [0.717, 1.165) is 11.1 Å². The normalized spacial score (nSPS) is 16.6. The molecule has 0 aromatic heterocycles. The zero-order valence-electron chi connectivity index (χ0n) is 10.7. The van der Waals surface area contributed by atoms with E-state index in [4.69, 9.17) is 16.7 Å². The predicted octanol–water partition coefficient (Wildman–Crippen LogP) is 3.74. The van der Waals surface area contributed by atoms with Crippen molar-refractivity contribution < 1.29 is 14.7 Å². The first-order valence-electron chi connectivity index (χ1n) is 6.14. The molecule has 2 aromatic carbocycles. The molecule has 104 valence electrons. The number of carbonyl (C=O) groups excluding carboxylic acids is 1. The number of hydrogen-bond acceptors (Lipinski definition) is 4. The summed E-state index contributed by atoms with van der Waals surface area (Å²) in [6.07, 6.45) is 0. The molecule has 21 heavy (non-hydrogen) atoms. The number of carboxylic acids is 1. The standard InChI is InChI=1S/C15H9ClN2O3/c16-10-4-1-8(2-5-10)9-3-6-12-11(7-9)14(19)13(15(20)21)18-17-12/h1-7,13H,(H,20,21). The van der Waals surface area contributed by atoms with E-state index in [2.05, 4.69) is 10.2 Å². The van der Waals surface area contributed by atoms with Gasteiger partial charge in [-0.1, -0.05) is 29.8 Å². The molecule has 2 aromatic rings. The van der Waals surface area contributed by atoms with Crippen LogP contribution in [0.2, 0.25) is 5.02 Å². The maximum atomic E-state index is 12.1. The Bertz CT molecular complexity index is 769. The van der Waals surface area contributed by atoms with Crippen molar-refractivity contribution >= 4 is 29.0 Å². The van der Waals surface area contributed by atoms with Crippen molar-refractivity contribution in [2.45, 2.75) is 6.04 Å². The summed E-state index contributed by atoms with van der Waals surface area (Å²) in [5.41, 5.74) is 2.32. The highest BCUT2D eigenvalue weighted by Gasteiger charge is 2.32. The van der Waals surface area contributed by atoms with Gasteiger partial charge in [0.1, 0.15) is 0 Å². The molecule has 5 nitrogen and oxygen atoms in total. The van der Waals surface area contributed by atoms with Gasteiger partial charge in [-0.3, -0.25) is 4.79 Å². The van der Waals surface area contributed by atoms with E-state index in [1.165, 1.54) is 0 Å². The van der Waals surface area contributed by atoms with E-state index in [1.54, 1.807) is 30.3 Å². The summed E-state index contributed by atoms with van der Waals surface area (Å²) in [5, 5.41) is 16.9. The Morgan fingerprint density at radius 2 is 1.76 bits per heavy atom. The van der Waals surface area contributed by atoms with Crippen LogP contribution in [0.1, 0.15) is 10.4 Å². The maximum absolute atomic E-state index is 12.1. The first-order chi connectivity index (χ1) is 10.1. The van der Waals surface area contributed by atoms with Crippen molar-refractivity contribution in [3.63, 3.8) is 0 Å². The number of ketones is 1. The Hall–Kier alpha value is -2.53. The van der Waals surface area contributed by atoms with Gasteiger partial charge in [0, 0.05) is 10.6 Å². The molecule has 0 aliphatic carbocycles. The van der Waals surface area contributed by atoms with Crippen LogP contribution >= 0.6 is 11.6 Å². The van der Waals surface area contributed by atoms with Gasteiger partial charge in [-0.05, 0) is 35.4 Å². The molecular formula is C15H9ClN2O3. The summed E-state index contributed by atoms with van der Waals surface area (Å²) in [6.45, 7) is 0. The number of rotatable bonds is 2. The second-order valence-electron chi connectivity index (χ2n) is 4.56. The van der Waals surface area contributed by atoms with E-state index in [-0.39, 0.29) is 5.56 Å². The molecule has 0 amide bonds. The summed E-state index contributed by atoms with van der Waals surface area (Å²) in [7, 11) is 0. The zero-order chi connectivity index (χ0) is 15.0. The van der Waals surface area contributed by atoms with Crippen LogP contribution in [-0.2, 0) is 4.79 Å². The Balaban J connectivity index is 2.06. The molecule has 0 fully saturated rings. The lowest BCUT2D eigenvalue weighted by molar-refractivity contribution is -0.137. The van der Waals surface area contributed by atoms with Crippen LogP contribution in [0.15, 0.2) is 52.7 Å². The van der Waals surface area contributed by atoms with Gasteiger partial charge in [-0.15, -0.1) is 0 Å². The SMILES string of the molecule is O=C(O)C1N=Nc2ccc(-c3ccc(Cl)cc3)cc2C1=O. The summed E-state index contributed by atoms with van der Waals surface area (Å²) < 4.78 is 0. The highest BCUT2D eigenvalue weighted by molar-refractivity contribution is 6.30. The number of aliphatic carboxylic acids is 1. The lowest BCUT2D eigenvalue weighted by Crippen LogP contribution is -2.29. The van der Waals surface area contributed by atoms with Crippen LogP contribution in [0.3, 0.4) is 0 Å². The Morgan fingerprint density at radius 1 is 1.10 bits per heavy atom. The molecule has 6 heteroatoms. The van der Waals surface area contributed by atoms with E-state index in [9.17, 15) is 9.59 Å². The van der Waals surface area contributed by atoms with Crippen molar-refractivity contribution in [1.29, 1.82) is 0 Å². The van der Waals surface area contributed by atoms with Gasteiger partial charge in [0.25, 0.3) is 0 Å². The van der Waals surface area contributed by atoms with Gasteiger partial charge in [0.15, 0.2) is 0 Å². The summed E-state index contributed by atoms with van der Waals surface area (Å²) >= 11 is 5.84. The van der Waals surface area contributed by atoms with E-state index in [1.807, 2.05) is 12.1 Å². The van der Waals surface area contributed by atoms with E-state index < -0.39 is 17.8 Å². The van der Waals surface area contributed by atoms with Crippen molar-refractivity contribution in [2.75, 3.05) is 0 Å². The van der Waals surface area contributed by atoms with Crippen molar-refractivity contribution in [1.82, 2.24) is 0 Å². The fourth-order valence-electron chi connectivity index (χ4n) is 2.12. The molecule has 0 radical (unpaired) electrons. The average Bonchev–Trinajstić information content (AvgIpc) is 2.48. The quantitative estimate of drug-likeness (QED) is 0.858. The number of nitrogens with zero attached hydrogens (tertiary/aromatic N) is 2. The number of halogens is 1. The fraction of sp³-hybridized carbons (Fsp3) is 0.0667. The first-order valence-corrected chi connectivity index (χ1v) is 6.52. The van der Waals surface area contributed by atoms with Gasteiger partial charge in [0.05, 0.1) is 5.69 Å². The van der Waals surface area contributed by atoms with Crippen LogP contribution in [0, 0.1) is 0 Å². The Morgan fingerprint density at radius 3 is 2.43 bits per heavy atom. The molecule has 1 heterocycles. The number of carboxylic acid groups (broad SMARTS) is 1. The summed E-state index contributed by atoms with van der Waals surface area (Å²) in [6, 6.07) is 10.8. The van der Waals surface area contributed by atoms with Crippen LogP contribution in [0.25, 0.3) is 11.1 Å². The van der Waals surface area contributed by atoms with Gasteiger partial charge < -0.3 is 5.11 Å². The van der Waals surface area contributed by atoms with Crippen molar-refractivity contribution in [2.24, 2.45) is 10.2 Å². The Labute approximate surface area is 124 Å². The van der Waals surface area contributed by atoms with Crippen LogP contribution in [0.5, 0.6) is 0 Å². The third-order valence-electron chi connectivity index (χ3n) is 3.20.